The Morgan fingerprint density at radius 2 is 1.85 bits per heavy atom. The third kappa shape index (κ3) is 3.48. The predicted molar refractivity (Wildman–Crippen MR) is 98.4 cm³/mol. The Bertz CT molecular complexity index is 809. The highest BCUT2D eigenvalue weighted by Crippen LogP contribution is 2.21. The summed E-state index contributed by atoms with van der Waals surface area (Å²) in [6.45, 7) is 5.22. The van der Waals surface area contributed by atoms with Crippen LogP contribution in [0.5, 0.6) is 0 Å². The molecule has 2 aliphatic rings. The monoisotopic (exact) mass is 353 g/mol. The van der Waals surface area contributed by atoms with Gasteiger partial charge in [-0.15, -0.1) is 0 Å². The summed E-state index contributed by atoms with van der Waals surface area (Å²) in [6, 6.07) is 9.57. The van der Waals surface area contributed by atoms with Gasteiger partial charge in [-0.05, 0) is 37.1 Å². The Labute approximate surface area is 152 Å². The van der Waals surface area contributed by atoms with Gasteiger partial charge >= 0.3 is 0 Å². The molecule has 2 fully saturated rings. The van der Waals surface area contributed by atoms with Crippen molar-refractivity contribution in [2.24, 2.45) is 0 Å². The molecule has 1 aromatic carbocycles. The molecule has 26 heavy (non-hydrogen) atoms. The number of piperidine rings is 1. The number of benzene rings is 1. The van der Waals surface area contributed by atoms with Gasteiger partial charge in [0.15, 0.2) is 6.29 Å². The lowest BCUT2D eigenvalue weighted by molar-refractivity contribution is 0.00159. The summed E-state index contributed by atoms with van der Waals surface area (Å²) < 4.78 is 5.43. The van der Waals surface area contributed by atoms with E-state index in [1.54, 1.807) is 12.1 Å². The lowest BCUT2D eigenvalue weighted by Crippen LogP contribution is -2.50. The Balaban J connectivity index is 1.43. The van der Waals surface area contributed by atoms with Gasteiger partial charge in [-0.3, -0.25) is 14.5 Å². The van der Waals surface area contributed by atoms with Crippen molar-refractivity contribution in [3.05, 3.63) is 41.6 Å². The quantitative estimate of drug-likeness (QED) is 0.790. The van der Waals surface area contributed by atoms with E-state index in [2.05, 4.69) is 9.88 Å². The van der Waals surface area contributed by atoms with E-state index in [9.17, 15) is 9.59 Å². The molecule has 6 nitrogen and oxygen atoms in total. The number of carbonyl (C=O) groups is 2. The second kappa shape index (κ2) is 7.51. The van der Waals surface area contributed by atoms with Crippen LogP contribution in [0.1, 0.15) is 33.7 Å². The van der Waals surface area contributed by atoms with Crippen LogP contribution in [0.25, 0.3) is 10.9 Å². The molecule has 6 heteroatoms. The van der Waals surface area contributed by atoms with Gasteiger partial charge in [-0.2, -0.15) is 0 Å². The first-order chi connectivity index (χ1) is 12.7. The van der Waals surface area contributed by atoms with Crippen molar-refractivity contribution >= 4 is 23.1 Å². The molecule has 4 rings (SSSR count). The van der Waals surface area contributed by atoms with E-state index in [0.717, 1.165) is 69.4 Å². The van der Waals surface area contributed by atoms with Crippen molar-refractivity contribution in [3.8, 4) is 0 Å². The van der Waals surface area contributed by atoms with Crippen LogP contribution in [0.3, 0.4) is 0 Å². The van der Waals surface area contributed by atoms with Gasteiger partial charge in [-0.1, -0.05) is 6.07 Å². The number of likely N-dealkylation sites (tertiary alicyclic amines) is 1. The number of morpholine rings is 1. The van der Waals surface area contributed by atoms with Gasteiger partial charge in [0.25, 0.3) is 5.91 Å². The summed E-state index contributed by atoms with van der Waals surface area (Å²) in [4.78, 5) is 32.4. The molecule has 0 spiro atoms. The summed E-state index contributed by atoms with van der Waals surface area (Å²) in [5.74, 6) is 0.0757. The summed E-state index contributed by atoms with van der Waals surface area (Å²) in [7, 11) is 0. The van der Waals surface area contributed by atoms with Gasteiger partial charge in [0, 0.05) is 43.2 Å². The maximum absolute atomic E-state index is 12.9. The van der Waals surface area contributed by atoms with Crippen molar-refractivity contribution in [1.82, 2.24) is 14.8 Å². The van der Waals surface area contributed by atoms with E-state index in [1.807, 2.05) is 23.1 Å². The molecule has 0 bridgehead atoms. The van der Waals surface area contributed by atoms with E-state index in [0.29, 0.717) is 17.3 Å². The molecule has 2 aromatic rings. The Hall–Kier alpha value is -2.31. The molecule has 136 valence electrons. The van der Waals surface area contributed by atoms with Gasteiger partial charge in [0.2, 0.25) is 0 Å². The third-order valence-electron chi connectivity index (χ3n) is 5.39. The van der Waals surface area contributed by atoms with Gasteiger partial charge in [-0.25, -0.2) is 4.98 Å². The number of pyridine rings is 1. The lowest BCUT2D eigenvalue weighted by Gasteiger charge is -2.40. The van der Waals surface area contributed by atoms with Gasteiger partial charge < -0.3 is 9.64 Å². The SMILES string of the molecule is O=Cc1ccc2cc(C(=O)N3CCC(N4CCOCC4)CC3)ccc2n1. The largest absolute Gasteiger partial charge is 0.379 e. The maximum atomic E-state index is 12.9. The number of ether oxygens (including phenoxy) is 1. The van der Waals surface area contributed by atoms with Crippen molar-refractivity contribution in [1.29, 1.82) is 0 Å². The lowest BCUT2D eigenvalue weighted by atomic mass is 10.0. The maximum Gasteiger partial charge on any atom is 0.253 e. The fourth-order valence-corrected chi connectivity index (χ4v) is 3.90. The zero-order valence-corrected chi connectivity index (χ0v) is 14.8. The van der Waals surface area contributed by atoms with E-state index < -0.39 is 0 Å². The Kier molecular flexibility index (Phi) is 4.95. The molecule has 0 aliphatic carbocycles. The molecule has 0 atom stereocenters. The highest BCUT2D eigenvalue weighted by molar-refractivity contribution is 5.98. The van der Waals surface area contributed by atoms with Crippen molar-refractivity contribution in [3.63, 3.8) is 0 Å². The molecular formula is C20H23N3O3. The molecule has 3 heterocycles. The molecule has 1 amide bonds. The van der Waals surface area contributed by atoms with Crippen molar-refractivity contribution in [2.75, 3.05) is 39.4 Å². The van der Waals surface area contributed by atoms with Crippen LogP contribution in [-0.2, 0) is 4.74 Å². The minimum Gasteiger partial charge on any atom is -0.379 e. The van der Waals surface area contributed by atoms with Crippen LogP contribution in [0.15, 0.2) is 30.3 Å². The number of nitrogens with zero attached hydrogens (tertiary/aromatic N) is 3. The highest BCUT2D eigenvalue weighted by atomic mass is 16.5. The molecule has 0 N–H and O–H groups in total. The molecule has 0 saturated carbocycles. The van der Waals surface area contributed by atoms with Gasteiger partial charge in [0.1, 0.15) is 5.69 Å². The number of amides is 1. The Morgan fingerprint density at radius 1 is 1.08 bits per heavy atom. The predicted octanol–water partition coefficient (Wildman–Crippen LogP) is 1.98. The van der Waals surface area contributed by atoms with E-state index in [4.69, 9.17) is 4.74 Å². The first kappa shape index (κ1) is 17.1. The van der Waals surface area contributed by atoms with E-state index in [-0.39, 0.29) is 5.91 Å². The molecule has 0 unspecified atom stereocenters. The summed E-state index contributed by atoms with van der Waals surface area (Å²) in [6.07, 6.45) is 2.77. The number of hydrogen-bond acceptors (Lipinski definition) is 5. The average Bonchev–Trinajstić information content (AvgIpc) is 2.73. The fourth-order valence-electron chi connectivity index (χ4n) is 3.90. The number of carbonyl (C=O) groups excluding carboxylic acids is 2. The molecule has 2 aliphatic heterocycles. The molecular weight excluding hydrogens is 330 g/mol. The summed E-state index contributed by atoms with van der Waals surface area (Å²) >= 11 is 0. The smallest absolute Gasteiger partial charge is 0.253 e. The number of aldehydes is 1. The minimum absolute atomic E-state index is 0.0757. The normalized spacial score (nSPS) is 19.6. The first-order valence-corrected chi connectivity index (χ1v) is 9.21. The second-order valence-corrected chi connectivity index (χ2v) is 6.93. The topological polar surface area (TPSA) is 62.7 Å². The van der Waals surface area contributed by atoms with Crippen LogP contribution >= 0.6 is 0 Å². The number of rotatable bonds is 3. The van der Waals surface area contributed by atoms with Crippen LogP contribution in [0, 0.1) is 0 Å². The third-order valence-corrected chi connectivity index (χ3v) is 5.39. The number of hydrogen-bond donors (Lipinski definition) is 0. The molecule has 0 radical (unpaired) electrons. The zero-order valence-electron chi connectivity index (χ0n) is 14.8. The van der Waals surface area contributed by atoms with E-state index in [1.165, 1.54) is 0 Å². The first-order valence-electron chi connectivity index (χ1n) is 9.21. The number of aromatic nitrogens is 1. The van der Waals surface area contributed by atoms with Crippen LogP contribution < -0.4 is 0 Å². The average molecular weight is 353 g/mol. The standard InChI is InChI=1S/C20H23N3O3/c24-14-17-3-1-15-13-16(2-4-19(15)21-17)20(25)23-7-5-18(6-8-23)22-9-11-26-12-10-22/h1-4,13-14,18H,5-12H2. The van der Waals surface area contributed by atoms with Gasteiger partial charge in [0.05, 0.1) is 18.7 Å². The van der Waals surface area contributed by atoms with Crippen molar-refractivity contribution < 1.29 is 14.3 Å². The zero-order chi connectivity index (χ0) is 17.9. The number of fused-ring (bicyclic) bond motifs is 1. The minimum atomic E-state index is 0.0757. The summed E-state index contributed by atoms with van der Waals surface area (Å²) in [5, 5.41) is 0.879. The summed E-state index contributed by atoms with van der Waals surface area (Å²) in [5.41, 5.74) is 1.82. The molecule has 2 saturated heterocycles. The second-order valence-electron chi connectivity index (χ2n) is 6.93. The highest BCUT2D eigenvalue weighted by Gasteiger charge is 2.28. The Morgan fingerprint density at radius 3 is 2.58 bits per heavy atom. The van der Waals surface area contributed by atoms with Crippen LogP contribution in [-0.4, -0.2) is 72.4 Å². The van der Waals surface area contributed by atoms with E-state index >= 15 is 0 Å². The van der Waals surface area contributed by atoms with Crippen molar-refractivity contribution in [2.45, 2.75) is 18.9 Å². The fraction of sp³-hybridized carbons (Fsp3) is 0.450. The van der Waals surface area contributed by atoms with Crippen LogP contribution in [0.2, 0.25) is 0 Å². The molecule has 1 aromatic heterocycles. The van der Waals surface area contributed by atoms with Crippen LogP contribution in [0.4, 0.5) is 0 Å².